The maximum absolute atomic E-state index is 11.9. The summed E-state index contributed by atoms with van der Waals surface area (Å²) in [6, 6.07) is 12.6. The molecule has 2 aromatic rings. The SMILES string of the molecule is Cc1cc(Br)ccc1OCC(=O)NC(=S)Nc1ccc(Cl)cc1. The molecule has 0 aliphatic carbocycles. The fourth-order valence-corrected chi connectivity index (χ4v) is 2.61. The van der Waals surface area contributed by atoms with E-state index in [0.29, 0.717) is 10.8 Å². The van der Waals surface area contributed by atoms with Gasteiger partial charge in [-0.1, -0.05) is 27.5 Å². The van der Waals surface area contributed by atoms with Crippen LogP contribution in [0.15, 0.2) is 46.9 Å². The second-order valence-corrected chi connectivity index (χ2v) is 6.47. The number of aryl methyl sites for hydroxylation is 1. The fourth-order valence-electron chi connectivity index (χ4n) is 1.78. The Morgan fingerprint density at radius 2 is 1.96 bits per heavy atom. The number of halogens is 2. The van der Waals surface area contributed by atoms with Gasteiger partial charge in [0.25, 0.3) is 5.91 Å². The van der Waals surface area contributed by atoms with Gasteiger partial charge in [-0.25, -0.2) is 0 Å². The molecule has 7 heteroatoms. The molecule has 2 N–H and O–H groups in total. The quantitative estimate of drug-likeness (QED) is 0.734. The van der Waals surface area contributed by atoms with Crippen molar-refractivity contribution >= 4 is 56.5 Å². The van der Waals surface area contributed by atoms with Crippen molar-refractivity contribution in [1.29, 1.82) is 0 Å². The molecule has 0 aromatic heterocycles. The highest BCUT2D eigenvalue weighted by Gasteiger charge is 2.07. The minimum atomic E-state index is -0.334. The van der Waals surface area contributed by atoms with Crippen LogP contribution < -0.4 is 15.4 Å². The number of hydrogen-bond acceptors (Lipinski definition) is 3. The fraction of sp³-hybridized carbons (Fsp3) is 0.125. The van der Waals surface area contributed by atoms with E-state index in [-0.39, 0.29) is 17.6 Å². The lowest BCUT2D eigenvalue weighted by molar-refractivity contribution is -0.121. The highest BCUT2D eigenvalue weighted by atomic mass is 79.9. The Bertz CT molecular complexity index is 723. The van der Waals surface area contributed by atoms with Crippen LogP contribution in [0.3, 0.4) is 0 Å². The number of benzene rings is 2. The Labute approximate surface area is 153 Å². The summed E-state index contributed by atoms with van der Waals surface area (Å²) in [5, 5.41) is 6.29. The van der Waals surface area contributed by atoms with Crippen molar-refractivity contribution in [3.63, 3.8) is 0 Å². The third-order valence-electron chi connectivity index (χ3n) is 2.85. The van der Waals surface area contributed by atoms with Gasteiger partial charge in [-0.15, -0.1) is 0 Å². The van der Waals surface area contributed by atoms with Crippen LogP contribution in [0, 0.1) is 6.92 Å². The molecule has 1 amide bonds. The molecule has 2 rings (SSSR count). The minimum Gasteiger partial charge on any atom is -0.483 e. The van der Waals surface area contributed by atoms with Crippen molar-refractivity contribution in [2.75, 3.05) is 11.9 Å². The van der Waals surface area contributed by atoms with E-state index in [9.17, 15) is 4.79 Å². The maximum atomic E-state index is 11.9. The normalized spacial score (nSPS) is 10.0. The van der Waals surface area contributed by atoms with E-state index in [2.05, 4.69) is 26.6 Å². The Balaban J connectivity index is 1.82. The first-order valence-corrected chi connectivity index (χ1v) is 8.27. The summed E-state index contributed by atoms with van der Waals surface area (Å²) in [6.07, 6.45) is 0. The van der Waals surface area contributed by atoms with Crippen LogP contribution in [0.5, 0.6) is 5.75 Å². The highest BCUT2D eigenvalue weighted by Crippen LogP contribution is 2.22. The number of carbonyl (C=O) groups is 1. The zero-order valence-corrected chi connectivity index (χ0v) is 15.4. The zero-order chi connectivity index (χ0) is 16.8. The lowest BCUT2D eigenvalue weighted by atomic mass is 10.2. The van der Waals surface area contributed by atoms with E-state index < -0.39 is 0 Å². The molecule has 0 saturated carbocycles. The average molecular weight is 414 g/mol. The number of amides is 1. The van der Waals surface area contributed by atoms with Gasteiger partial charge < -0.3 is 10.1 Å². The lowest BCUT2D eigenvalue weighted by Gasteiger charge is -2.11. The summed E-state index contributed by atoms with van der Waals surface area (Å²) in [5.74, 6) is 0.318. The minimum absolute atomic E-state index is 0.120. The summed E-state index contributed by atoms with van der Waals surface area (Å²) < 4.78 is 6.44. The van der Waals surface area contributed by atoms with Crippen LogP contribution in [-0.2, 0) is 4.79 Å². The summed E-state index contributed by atoms with van der Waals surface area (Å²) in [4.78, 5) is 11.9. The van der Waals surface area contributed by atoms with E-state index >= 15 is 0 Å². The van der Waals surface area contributed by atoms with Gasteiger partial charge in [-0.05, 0) is 67.2 Å². The maximum Gasteiger partial charge on any atom is 0.264 e. The number of carbonyl (C=O) groups excluding carboxylic acids is 1. The van der Waals surface area contributed by atoms with Gasteiger partial charge in [0.15, 0.2) is 11.7 Å². The van der Waals surface area contributed by atoms with Crippen LogP contribution in [0.25, 0.3) is 0 Å². The Morgan fingerprint density at radius 1 is 1.26 bits per heavy atom. The zero-order valence-electron chi connectivity index (χ0n) is 12.2. The second kappa shape index (κ2) is 8.29. The number of hydrogen-bond donors (Lipinski definition) is 2. The molecule has 0 atom stereocenters. The highest BCUT2D eigenvalue weighted by molar-refractivity contribution is 9.10. The molecule has 4 nitrogen and oxygen atoms in total. The first kappa shape index (κ1) is 17.7. The molecule has 0 aliphatic heterocycles. The molecule has 0 heterocycles. The standard InChI is InChI=1S/C16H14BrClN2O2S/c1-10-8-11(17)2-7-14(10)22-9-15(21)20-16(23)19-13-5-3-12(18)4-6-13/h2-8H,9H2,1H3,(H2,19,20,21,23). The molecule has 0 bridgehead atoms. The van der Waals surface area contributed by atoms with Gasteiger partial charge in [0.1, 0.15) is 5.75 Å². The van der Waals surface area contributed by atoms with Crippen LogP contribution in [0.4, 0.5) is 5.69 Å². The second-order valence-electron chi connectivity index (χ2n) is 4.71. The molecule has 120 valence electrons. The van der Waals surface area contributed by atoms with Gasteiger partial charge in [0, 0.05) is 15.2 Å². The molecule has 2 aromatic carbocycles. The van der Waals surface area contributed by atoms with E-state index in [1.54, 1.807) is 30.3 Å². The first-order chi connectivity index (χ1) is 10.9. The van der Waals surface area contributed by atoms with E-state index in [1.807, 2.05) is 19.1 Å². The number of thiocarbonyl (C=S) groups is 1. The Hall–Kier alpha value is -1.63. The summed E-state index contributed by atoms with van der Waals surface area (Å²) >= 11 is 14.3. The van der Waals surface area contributed by atoms with Gasteiger partial charge in [0.2, 0.25) is 0 Å². The van der Waals surface area contributed by atoms with Crippen LogP contribution in [0.2, 0.25) is 5.02 Å². The molecule has 0 radical (unpaired) electrons. The van der Waals surface area contributed by atoms with E-state index in [4.69, 9.17) is 28.6 Å². The van der Waals surface area contributed by atoms with Crippen molar-refractivity contribution in [2.45, 2.75) is 6.92 Å². The number of anilines is 1. The molecule has 0 unspecified atom stereocenters. The smallest absolute Gasteiger partial charge is 0.264 e. The first-order valence-electron chi connectivity index (χ1n) is 6.69. The molecular weight excluding hydrogens is 400 g/mol. The van der Waals surface area contributed by atoms with E-state index in [1.165, 1.54) is 0 Å². The average Bonchev–Trinajstić information content (AvgIpc) is 2.48. The van der Waals surface area contributed by atoms with Crippen LogP contribution in [-0.4, -0.2) is 17.6 Å². The molecule has 0 aliphatic rings. The summed E-state index contributed by atoms with van der Waals surface area (Å²) in [6.45, 7) is 1.79. The van der Waals surface area contributed by atoms with Gasteiger partial charge in [-0.3, -0.25) is 10.1 Å². The summed E-state index contributed by atoms with van der Waals surface area (Å²) in [5.41, 5.74) is 1.68. The number of ether oxygens (including phenoxy) is 1. The predicted octanol–water partition coefficient (Wildman–Crippen LogP) is 4.30. The number of nitrogens with one attached hydrogen (secondary N) is 2. The van der Waals surface area contributed by atoms with Crippen LogP contribution in [0.1, 0.15) is 5.56 Å². The Morgan fingerprint density at radius 3 is 2.61 bits per heavy atom. The third-order valence-corrected chi connectivity index (χ3v) is 3.80. The van der Waals surface area contributed by atoms with Crippen molar-refractivity contribution in [3.05, 3.63) is 57.5 Å². The lowest BCUT2D eigenvalue weighted by Crippen LogP contribution is -2.37. The molecule has 0 spiro atoms. The largest absolute Gasteiger partial charge is 0.483 e. The molecule has 0 saturated heterocycles. The number of rotatable bonds is 4. The molecule has 23 heavy (non-hydrogen) atoms. The van der Waals surface area contributed by atoms with Gasteiger partial charge >= 0.3 is 0 Å². The Kier molecular flexibility index (Phi) is 6.38. The summed E-state index contributed by atoms with van der Waals surface area (Å²) in [7, 11) is 0. The monoisotopic (exact) mass is 412 g/mol. The topological polar surface area (TPSA) is 50.4 Å². The van der Waals surface area contributed by atoms with Gasteiger partial charge in [0.05, 0.1) is 0 Å². The predicted molar refractivity (Wildman–Crippen MR) is 100 cm³/mol. The van der Waals surface area contributed by atoms with Crippen molar-refractivity contribution in [2.24, 2.45) is 0 Å². The molecule has 0 fully saturated rings. The molecular formula is C16H14BrClN2O2S. The van der Waals surface area contributed by atoms with Crippen molar-refractivity contribution in [3.8, 4) is 5.75 Å². The van der Waals surface area contributed by atoms with Crippen molar-refractivity contribution < 1.29 is 9.53 Å². The third kappa shape index (κ3) is 5.82. The van der Waals surface area contributed by atoms with E-state index in [0.717, 1.165) is 15.7 Å². The van der Waals surface area contributed by atoms with Gasteiger partial charge in [-0.2, -0.15) is 0 Å². The van der Waals surface area contributed by atoms with Crippen molar-refractivity contribution in [1.82, 2.24) is 5.32 Å². The van der Waals surface area contributed by atoms with Crippen LogP contribution >= 0.6 is 39.7 Å².